The molecule has 3 aromatic rings. The van der Waals surface area contributed by atoms with Crippen LogP contribution in [0.5, 0.6) is 0 Å². The number of likely N-dealkylation sites (tertiary alicyclic amines) is 1. The van der Waals surface area contributed by atoms with E-state index in [4.69, 9.17) is 0 Å². The number of carbonyl (C=O) groups excluding carboxylic acids is 1. The molecule has 0 aliphatic carbocycles. The molecule has 0 spiro atoms. The number of hydrogen-bond acceptors (Lipinski definition) is 2. The molecule has 1 amide bonds. The molecule has 1 fully saturated rings. The molecule has 1 aliphatic rings. The highest BCUT2D eigenvalue weighted by Crippen LogP contribution is 2.36. The summed E-state index contributed by atoms with van der Waals surface area (Å²) < 4.78 is 0. The first-order valence-electron chi connectivity index (χ1n) is 9.81. The number of aromatic nitrogens is 1. The van der Waals surface area contributed by atoms with Crippen molar-refractivity contribution in [1.29, 1.82) is 5.26 Å². The van der Waals surface area contributed by atoms with Gasteiger partial charge < -0.3 is 9.88 Å². The highest BCUT2D eigenvalue weighted by atomic mass is 16.2. The van der Waals surface area contributed by atoms with Crippen molar-refractivity contribution in [2.45, 2.75) is 39.0 Å². The molecule has 0 bridgehead atoms. The van der Waals surface area contributed by atoms with E-state index >= 15 is 0 Å². The van der Waals surface area contributed by atoms with Gasteiger partial charge in [0.05, 0.1) is 11.5 Å². The number of aromatic amines is 1. The smallest absolute Gasteiger partial charge is 0.270 e. The van der Waals surface area contributed by atoms with Crippen molar-refractivity contribution >= 4 is 16.8 Å². The zero-order valence-electron chi connectivity index (χ0n) is 16.7. The van der Waals surface area contributed by atoms with E-state index in [1.807, 2.05) is 42.2 Å². The Labute approximate surface area is 165 Å². The van der Waals surface area contributed by atoms with E-state index in [9.17, 15) is 10.1 Å². The van der Waals surface area contributed by atoms with Crippen molar-refractivity contribution in [2.24, 2.45) is 0 Å². The number of aryl methyl sites for hydroxylation is 3. The van der Waals surface area contributed by atoms with Gasteiger partial charge in [-0.15, -0.1) is 0 Å². The largest absolute Gasteiger partial charge is 0.350 e. The van der Waals surface area contributed by atoms with Gasteiger partial charge in [0.25, 0.3) is 5.91 Å². The fraction of sp³-hybridized carbons (Fsp3) is 0.333. The van der Waals surface area contributed by atoms with Crippen LogP contribution in [0.4, 0.5) is 0 Å². The van der Waals surface area contributed by atoms with E-state index in [0.29, 0.717) is 31.6 Å². The number of nitrogens with zero attached hydrogens (tertiary/aromatic N) is 2. The average molecular weight is 371 g/mol. The fourth-order valence-corrected chi connectivity index (χ4v) is 4.47. The van der Waals surface area contributed by atoms with Crippen LogP contribution in [-0.2, 0) is 5.41 Å². The zero-order chi connectivity index (χ0) is 19.9. The lowest BCUT2D eigenvalue weighted by atomic mass is 9.74. The molecule has 1 saturated heterocycles. The maximum atomic E-state index is 13.2. The van der Waals surface area contributed by atoms with Crippen LogP contribution in [0.1, 0.15) is 45.6 Å². The van der Waals surface area contributed by atoms with Gasteiger partial charge in [0.15, 0.2) is 0 Å². The van der Waals surface area contributed by atoms with Crippen LogP contribution in [-0.4, -0.2) is 28.9 Å². The van der Waals surface area contributed by atoms with E-state index in [0.717, 1.165) is 27.6 Å². The van der Waals surface area contributed by atoms with Gasteiger partial charge in [0.2, 0.25) is 0 Å². The lowest BCUT2D eigenvalue weighted by Crippen LogP contribution is -2.44. The van der Waals surface area contributed by atoms with Gasteiger partial charge in [-0.05, 0) is 56.4 Å². The third kappa shape index (κ3) is 2.88. The number of carbonyl (C=O) groups is 1. The molecule has 0 unspecified atom stereocenters. The van der Waals surface area contributed by atoms with Gasteiger partial charge in [-0.25, -0.2) is 0 Å². The maximum Gasteiger partial charge on any atom is 0.270 e. The van der Waals surface area contributed by atoms with Crippen molar-refractivity contribution in [1.82, 2.24) is 9.88 Å². The molecule has 4 rings (SSSR count). The SMILES string of the molecule is Cc1cc(C)c2[nH]c(C(=O)N3CCC(C#N)(c4ccccc4)CC3)c(C)c2c1. The van der Waals surface area contributed by atoms with Crippen molar-refractivity contribution in [2.75, 3.05) is 13.1 Å². The highest BCUT2D eigenvalue weighted by Gasteiger charge is 2.38. The lowest BCUT2D eigenvalue weighted by molar-refractivity contribution is 0.0686. The Balaban J connectivity index is 1.60. The van der Waals surface area contributed by atoms with Crippen LogP contribution in [0.25, 0.3) is 10.9 Å². The number of amides is 1. The first kappa shape index (κ1) is 18.3. The average Bonchev–Trinajstić information content (AvgIpc) is 3.05. The fourth-order valence-electron chi connectivity index (χ4n) is 4.47. The molecule has 0 atom stereocenters. The van der Waals surface area contributed by atoms with Crippen LogP contribution in [0.2, 0.25) is 0 Å². The third-order valence-electron chi connectivity index (χ3n) is 6.17. The van der Waals surface area contributed by atoms with Gasteiger partial charge in [-0.2, -0.15) is 5.26 Å². The summed E-state index contributed by atoms with van der Waals surface area (Å²) in [5, 5.41) is 11.0. The van der Waals surface area contributed by atoms with Crippen molar-refractivity contribution in [3.05, 3.63) is 70.4 Å². The number of rotatable bonds is 2. The quantitative estimate of drug-likeness (QED) is 0.704. The maximum absolute atomic E-state index is 13.2. The van der Waals surface area contributed by atoms with E-state index in [1.54, 1.807) is 0 Å². The molecule has 1 N–H and O–H groups in total. The normalized spacial score (nSPS) is 16.1. The van der Waals surface area contributed by atoms with E-state index in [-0.39, 0.29) is 5.91 Å². The standard InChI is InChI=1S/C24H25N3O/c1-16-13-17(2)21-20(14-16)18(3)22(26-21)23(28)27-11-9-24(15-25,10-12-27)19-7-5-4-6-8-19/h4-8,13-14,26H,9-12H2,1-3H3. The van der Waals surface area contributed by atoms with Crippen molar-refractivity contribution in [3.63, 3.8) is 0 Å². The predicted molar refractivity (Wildman–Crippen MR) is 111 cm³/mol. The first-order chi connectivity index (χ1) is 13.4. The van der Waals surface area contributed by atoms with Crippen LogP contribution in [0.15, 0.2) is 42.5 Å². The summed E-state index contributed by atoms with van der Waals surface area (Å²) in [4.78, 5) is 18.5. The second-order valence-corrected chi connectivity index (χ2v) is 7.98. The van der Waals surface area contributed by atoms with Crippen LogP contribution >= 0.6 is 0 Å². The van der Waals surface area contributed by atoms with Gasteiger partial charge in [0, 0.05) is 24.0 Å². The summed E-state index contributed by atoms with van der Waals surface area (Å²) in [6.45, 7) is 7.35. The molecular formula is C24H25N3O. The Morgan fingerprint density at radius 2 is 1.79 bits per heavy atom. The second kappa shape index (κ2) is 6.83. The molecule has 0 saturated carbocycles. The van der Waals surface area contributed by atoms with Gasteiger partial charge in [-0.3, -0.25) is 4.79 Å². The minimum absolute atomic E-state index is 0.0327. The minimum atomic E-state index is -0.499. The Kier molecular flexibility index (Phi) is 4.47. The van der Waals surface area contributed by atoms with Crippen LogP contribution in [0.3, 0.4) is 0 Å². The zero-order valence-corrected chi connectivity index (χ0v) is 16.7. The Morgan fingerprint density at radius 1 is 1.11 bits per heavy atom. The molecule has 4 nitrogen and oxygen atoms in total. The summed E-state index contributed by atoms with van der Waals surface area (Å²) in [5.74, 6) is 0.0327. The number of piperidine rings is 1. The minimum Gasteiger partial charge on any atom is -0.350 e. The Bertz CT molecular complexity index is 1080. The third-order valence-corrected chi connectivity index (χ3v) is 6.17. The summed E-state index contributed by atoms with van der Waals surface area (Å²) in [6.07, 6.45) is 1.33. The monoisotopic (exact) mass is 371 g/mol. The molecule has 4 heteroatoms. The molecule has 2 aromatic carbocycles. The van der Waals surface area contributed by atoms with E-state index in [1.165, 1.54) is 5.56 Å². The lowest BCUT2D eigenvalue weighted by Gasteiger charge is -2.37. The molecule has 0 radical (unpaired) electrons. The van der Waals surface area contributed by atoms with Crippen molar-refractivity contribution in [3.8, 4) is 6.07 Å². The van der Waals surface area contributed by atoms with Gasteiger partial charge in [-0.1, -0.05) is 42.0 Å². The van der Waals surface area contributed by atoms with E-state index < -0.39 is 5.41 Å². The number of hydrogen-bond donors (Lipinski definition) is 1. The van der Waals surface area contributed by atoms with Gasteiger partial charge in [0.1, 0.15) is 5.69 Å². The first-order valence-corrected chi connectivity index (χ1v) is 9.81. The van der Waals surface area contributed by atoms with E-state index in [2.05, 4.69) is 37.0 Å². The topological polar surface area (TPSA) is 59.9 Å². The molecule has 142 valence electrons. The number of H-pyrrole nitrogens is 1. The molecule has 1 aliphatic heterocycles. The number of nitriles is 1. The molecule has 1 aromatic heterocycles. The summed E-state index contributed by atoms with van der Waals surface area (Å²) in [6, 6.07) is 16.8. The number of nitrogens with one attached hydrogen (secondary N) is 1. The number of benzene rings is 2. The summed E-state index contributed by atoms with van der Waals surface area (Å²) >= 11 is 0. The van der Waals surface area contributed by atoms with Gasteiger partial charge >= 0.3 is 0 Å². The number of fused-ring (bicyclic) bond motifs is 1. The molecule has 28 heavy (non-hydrogen) atoms. The summed E-state index contributed by atoms with van der Waals surface area (Å²) in [7, 11) is 0. The predicted octanol–water partition coefficient (Wildman–Crippen LogP) is 4.79. The van der Waals surface area contributed by atoms with Crippen LogP contribution < -0.4 is 0 Å². The highest BCUT2D eigenvalue weighted by molar-refractivity contribution is 6.01. The van der Waals surface area contributed by atoms with Crippen LogP contribution in [0, 0.1) is 32.1 Å². The Hall–Kier alpha value is -3.06. The molecular weight excluding hydrogens is 346 g/mol. The van der Waals surface area contributed by atoms with Crippen molar-refractivity contribution < 1.29 is 4.79 Å². The second-order valence-electron chi connectivity index (χ2n) is 7.98. The molecule has 2 heterocycles. The summed E-state index contributed by atoms with van der Waals surface area (Å²) in [5.41, 5.74) is 5.63. The Morgan fingerprint density at radius 3 is 2.43 bits per heavy atom.